The molecule has 0 spiro atoms. The molecule has 0 saturated carbocycles. The number of fused-ring (bicyclic) bond motifs is 1. The van der Waals surface area contributed by atoms with Crippen LogP contribution in [-0.2, 0) is 16.8 Å². The minimum absolute atomic E-state index is 0. The van der Waals surface area contributed by atoms with Gasteiger partial charge in [0.1, 0.15) is 5.54 Å². The number of nitrogens with one attached hydrogen (secondary N) is 1. The van der Waals surface area contributed by atoms with Crippen LogP contribution in [0, 0.1) is 0 Å². The second kappa shape index (κ2) is 9.94. The predicted molar refractivity (Wildman–Crippen MR) is 123 cm³/mol. The van der Waals surface area contributed by atoms with E-state index in [1.54, 1.807) is 0 Å². The summed E-state index contributed by atoms with van der Waals surface area (Å²) < 4.78 is 0. The van der Waals surface area contributed by atoms with Crippen molar-refractivity contribution in [2.45, 2.75) is 31.3 Å². The molecule has 1 heterocycles. The predicted octanol–water partition coefficient (Wildman–Crippen LogP) is 3.80. The molecule has 158 valence electrons. The van der Waals surface area contributed by atoms with E-state index in [4.69, 9.17) is 0 Å². The molecule has 1 saturated heterocycles. The van der Waals surface area contributed by atoms with E-state index in [9.17, 15) is 4.79 Å². The third-order valence-corrected chi connectivity index (χ3v) is 6.41. The number of hydrogen-bond acceptors (Lipinski definition) is 3. The van der Waals surface area contributed by atoms with E-state index in [2.05, 4.69) is 53.5 Å². The molecule has 1 aliphatic heterocycles. The number of carbonyl (C=O) groups is 1. The number of hydrogen-bond donors (Lipinski definition) is 1. The maximum atomic E-state index is 14.0. The van der Waals surface area contributed by atoms with Crippen molar-refractivity contribution < 1.29 is 4.79 Å². The summed E-state index contributed by atoms with van der Waals surface area (Å²) in [6, 6.07) is 18.9. The zero-order valence-corrected chi connectivity index (χ0v) is 18.8. The van der Waals surface area contributed by atoms with Crippen molar-refractivity contribution in [3.8, 4) is 0 Å². The van der Waals surface area contributed by atoms with E-state index in [-0.39, 0.29) is 36.8 Å². The lowest BCUT2D eigenvalue weighted by Crippen LogP contribution is -2.60. The highest BCUT2D eigenvalue weighted by Crippen LogP contribution is 2.44. The van der Waals surface area contributed by atoms with Crippen molar-refractivity contribution in [2.24, 2.45) is 0 Å². The number of nitrogens with zero attached hydrogens (tertiary/aromatic N) is 2. The van der Waals surface area contributed by atoms with Crippen LogP contribution in [0.15, 0.2) is 54.6 Å². The minimum atomic E-state index is -0.531. The highest BCUT2D eigenvalue weighted by molar-refractivity contribution is 5.89. The molecular weight excluding hydrogens is 405 g/mol. The van der Waals surface area contributed by atoms with E-state index in [1.165, 1.54) is 16.7 Å². The van der Waals surface area contributed by atoms with Gasteiger partial charge in [0.05, 0.1) is 6.04 Å². The van der Waals surface area contributed by atoms with Crippen LogP contribution in [0.5, 0.6) is 0 Å². The first-order chi connectivity index (χ1) is 13.1. The fourth-order valence-electron chi connectivity index (χ4n) is 4.75. The Labute approximate surface area is 186 Å². The lowest BCUT2D eigenvalue weighted by Gasteiger charge is -2.45. The molecule has 1 amide bonds. The Morgan fingerprint density at radius 3 is 2.34 bits per heavy atom. The summed E-state index contributed by atoms with van der Waals surface area (Å²) in [6.07, 6.45) is 1.84. The van der Waals surface area contributed by atoms with Gasteiger partial charge in [-0.3, -0.25) is 9.69 Å². The molecule has 1 aliphatic carbocycles. The highest BCUT2D eigenvalue weighted by Gasteiger charge is 2.51. The van der Waals surface area contributed by atoms with Crippen molar-refractivity contribution in [1.29, 1.82) is 0 Å². The maximum absolute atomic E-state index is 14.0. The summed E-state index contributed by atoms with van der Waals surface area (Å²) >= 11 is 0. The SMILES string of the molecule is C[C@@H](c1ccccc1)N(C)C(=O)[C@@]1(N2CCNCC2)CCc2ccccc21.Cl.Cl. The van der Waals surface area contributed by atoms with Crippen molar-refractivity contribution in [1.82, 2.24) is 15.1 Å². The highest BCUT2D eigenvalue weighted by atomic mass is 35.5. The first-order valence-electron chi connectivity index (χ1n) is 10.0. The van der Waals surface area contributed by atoms with Gasteiger partial charge < -0.3 is 10.2 Å². The standard InChI is InChI=1S/C23H29N3O.2ClH/c1-18(19-8-4-3-5-9-19)25(2)22(27)23(26-16-14-24-15-17-26)13-12-20-10-6-7-11-21(20)23;;/h3-11,18,24H,12-17H2,1-2H3;2*1H/t18-,23+;;/m0../s1. The molecule has 4 rings (SSSR count). The fraction of sp³-hybridized carbons (Fsp3) is 0.435. The largest absolute Gasteiger partial charge is 0.337 e. The van der Waals surface area contributed by atoms with Gasteiger partial charge in [-0.2, -0.15) is 0 Å². The van der Waals surface area contributed by atoms with Gasteiger partial charge in [0.25, 0.3) is 0 Å². The van der Waals surface area contributed by atoms with Crippen LogP contribution in [0.1, 0.15) is 36.1 Å². The van der Waals surface area contributed by atoms with Crippen LogP contribution in [0.25, 0.3) is 0 Å². The summed E-state index contributed by atoms with van der Waals surface area (Å²) in [4.78, 5) is 18.4. The Balaban J connectivity index is 0.00000150. The third kappa shape index (κ3) is 4.17. The molecule has 2 aromatic carbocycles. The van der Waals surface area contributed by atoms with Crippen molar-refractivity contribution >= 4 is 30.7 Å². The molecule has 0 bridgehead atoms. The molecular formula is C23H31Cl2N3O. The van der Waals surface area contributed by atoms with Gasteiger partial charge in [-0.1, -0.05) is 54.6 Å². The second-order valence-electron chi connectivity index (χ2n) is 7.76. The fourth-order valence-corrected chi connectivity index (χ4v) is 4.75. The van der Waals surface area contributed by atoms with Crippen molar-refractivity contribution in [3.05, 3.63) is 71.3 Å². The van der Waals surface area contributed by atoms with Gasteiger partial charge in [0.15, 0.2) is 0 Å². The van der Waals surface area contributed by atoms with Crippen molar-refractivity contribution in [2.75, 3.05) is 33.2 Å². The Morgan fingerprint density at radius 2 is 1.66 bits per heavy atom. The molecule has 1 fully saturated rings. The van der Waals surface area contributed by atoms with Gasteiger partial charge >= 0.3 is 0 Å². The molecule has 2 aromatic rings. The number of halogens is 2. The van der Waals surface area contributed by atoms with Crippen molar-refractivity contribution in [3.63, 3.8) is 0 Å². The van der Waals surface area contributed by atoms with E-state index >= 15 is 0 Å². The zero-order valence-electron chi connectivity index (χ0n) is 17.1. The topological polar surface area (TPSA) is 35.6 Å². The van der Waals surface area contributed by atoms with Gasteiger partial charge in [-0.05, 0) is 36.5 Å². The molecule has 29 heavy (non-hydrogen) atoms. The average Bonchev–Trinajstić information content (AvgIpc) is 3.14. The number of carbonyl (C=O) groups excluding carboxylic acids is 1. The molecule has 2 aliphatic rings. The minimum Gasteiger partial charge on any atom is -0.337 e. The number of rotatable bonds is 4. The van der Waals surface area contributed by atoms with Gasteiger partial charge in [-0.25, -0.2) is 0 Å². The average molecular weight is 436 g/mol. The Morgan fingerprint density at radius 1 is 1.03 bits per heavy atom. The second-order valence-corrected chi connectivity index (χ2v) is 7.76. The van der Waals surface area contributed by atoms with Crippen LogP contribution in [0.3, 0.4) is 0 Å². The third-order valence-electron chi connectivity index (χ3n) is 6.41. The first kappa shape index (κ1) is 23.7. The quantitative estimate of drug-likeness (QED) is 0.792. The molecule has 0 unspecified atom stereocenters. The summed E-state index contributed by atoms with van der Waals surface area (Å²) in [6.45, 7) is 5.82. The smallest absolute Gasteiger partial charge is 0.247 e. The van der Waals surface area contributed by atoms with Crippen LogP contribution >= 0.6 is 24.8 Å². The Kier molecular flexibility index (Phi) is 8.12. The van der Waals surface area contributed by atoms with Gasteiger partial charge in [0.2, 0.25) is 5.91 Å². The number of benzene rings is 2. The lowest BCUT2D eigenvalue weighted by molar-refractivity contribution is -0.147. The number of aryl methyl sites for hydroxylation is 1. The summed E-state index contributed by atoms with van der Waals surface area (Å²) in [5.41, 5.74) is 3.18. The van der Waals surface area contributed by atoms with Crippen LogP contribution in [-0.4, -0.2) is 48.9 Å². The summed E-state index contributed by atoms with van der Waals surface area (Å²) in [7, 11) is 1.96. The Bertz CT molecular complexity index is 811. The van der Waals surface area contributed by atoms with Crippen LogP contribution in [0.2, 0.25) is 0 Å². The number of amides is 1. The van der Waals surface area contributed by atoms with E-state index < -0.39 is 5.54 Å². The molecule has 6 heteroatoms. The Hall–Kier alpha value is -1.59. The normalized spacial score (nSPS) is 22.0. The zero-order chi connectivity index (χ0) is 18.9. The van der Waals surface area contributed by atoms with E-state index in [0.717, 1.165) is 39.0 Å². The molecule has 0 radical (unpaired) electrons. The van der Waals surface area contributed by atoms with E-state index in [1.807, 2.05) is 30.1 Å². The van der Waals surface area contributed by atoms with Crippen LogP contribution in [0.4, 0.5) is 0 Å². The molecule has 0 aromatic heterocycles. The number of likely N-dealkylation sites (N-methyl/N-ethyl adjacent to an activating group) is 1. The monoisotopic (exact) mass is 435 g/mol. The molecule has 2 atom stereocenters. The molecule has 1 N–H and O–H groups in total. The maximum Gasteiger partial charge on any atom is 0.247 e. The molecule has 4 nitrogen and oxygen atoms in total. The summed E-state index contributed by atoms with van der Waals surface area (Å²) in [5, 5.41) is 3.43. The van der Waals surface area contributed by atoms with E-state index in [0.29, 0.717) is 0 Å². The number of piperazine rings is 1. The summed E-state index contributed by atoms with van der Waals surface area (Å²) in [5.74, 6) is 0.228. The van der Waals surface area contributed by atoms with Crippen LogP contribution < -0.4 is 5.32 Å². The lowest BCUT2D eigenvalue weighted by atomic mass is 9.86. The van der Waals surface area contributed by atoms with Gasteiger partial charge in [0, 0.05) is 33.2 Å². The van der Waals surface area contributed by atoms with Gasteiger partial charge in [-0.15, -0.1) is 24.8 Å². The first-order valence-corrected chi connectivity index (χ1v) is 10.0.